The Kier molecular flexibility index (Phi) is 7.82. The first kappa shape index (κ1) is 25.4. The van der Waals surface area contributed by atoms with E-state index >= 15 is 0 Å². The lowest BCUT2D eigenvalue weighted by Crippen LogP contribution is -2.39. The van der Waals surface area contributed by atoms with E-state index in [4.69, 9.17) is 4.74 Å². The van der Waals surface area contributed by atoms with E-state index in [1.165, 1.54) is 43.7 Å². The SMILES string of the molecule is COc1ccc([N+](=O)[O-])cc1/C=N/NC(=O)CN(c1ccc(C)c(C)c1)S(=O)(=O)c1ccccc1. The lowest BCUT2D eigenvalue weighted by Gasteiger charge is -2.24. The van der Waals surface area contributed by atoms with Crippen LogP contribution in [-0.2, 0) is 14.8 Å². The van der Waals surface area contributed by atoms with E-state index in [1.54, 1.807) is 36.4 Å². The van der Waals surface area contributed by atoms with Crippen molar-refractivity contribution >= 4 is 33.5 Å². The Morgan fingerprint density at radius 3 is 2.43 bits per heavy atom. The van der Waals surface area contributed by atoms with Crippen LogP contribution in [0.15, 0.2) is 76.7 Å². The number of methoxy groups -OCH3 is 1. The van der Waals surface area contributed by atoms with Gasteiger partial charge >= 0.3 is 0 Å². The van der Waals surface area contributed by atoms with Crippen molar-refractivity contribution in [3.63, 3.8) is 0 Å². The number of ether oxygens (including phenoxy) is 1. The van der Waals surface area contributed by atoms with Gasteiger partial charge in [-0.1, -0.05) is 24.3 Å². The van der Waals surface area contributed by atoms with Crippen molar-refractivity contribution < 1.29 is 22.9 Å². The van der Waals surface area contributed by atoms with Gasteiger partial charge < -0.3 is 4.74 Å². The fourth-order valence-electron chi connectivity index (χ4n) is 3.19. The minimum absolute atomic E-state index is 0.0378. The van der Waals surface area contributed by atoms with Crippen LogP contribution in [0.1, 0.15) is 16.7 Å². The molecule has 3 aromatic carbocycles. The monoisotopic (exact) mass is 496 g/mol. The predicted molar refractivity (Wildman–Crippen MR) is 132 cm³/mol. The summed E-state index contributed by atoms with van der Waals surface area (Å²) in [6.07, 6.45) is 1.19. The summed E-state index contributed by atoms with van der Waals surface area (Å²) >= 11 is 0. The van der Waals surface area contributed by atoms with Gasteiger partial charge in [-0.15, -0.1) is 0 Å². The zero-order valence-electron chi connectivity index (χ0n) is 19.3. The number of hydrazone groups is 1. The number of sulfonamides is 1. The van der Waals surface area contributed by atoms with Gasteiger partial charge in [0.2, 0.25) is 0 Å². The van der Waals surface area contributed by atoms with Gasteiger partial charge in [0.1, 0.15) is 12.3 Å². The van der Waals surface area contributed by atoms with Crippen LogP contribution in [0.25, 0.3) is 0 Å². The maximum Gasteiger partial charge on any atom is 0.270 e. The normalized spacial score (nSPS) is 11.3. The van der Waals surface area contributed by atoms with Crippen LogP contribution in [0, 0.1) is 24.0 Å². The topological polar surface area (TPSA) is 131 Å². The summed E-state index contributed by atoms with van der Waals surface area (Å²) in [4.78, 5) is 23.2. The van der Waals surface area contributed by atoms with Crippen molar-refractivity contribution in [2.24, 2.45) is 5.10 Å². The van der Waals surface area contributed by atoms with Crippen LogP contribution in [0.3, 0.4) is 0 Å². The van der Waals surface area contributed by atoms with E-state index in [0.29, 0.717) is 11.4 Å². The summed E-state index contributed by atoms with van der Waals surface area (Å²) in [5.41, 5.74) is 4.55. The Hall–Kier alpha value is -4.25. The maximum atomic E-state index is 13.4. The number of carbonyl (C=O) groups excluding carboxylic acids is 1. The molecule has 1 N–H and O–H groups in total. The highest BCUT2D eigenvalue weighted by Gasteiger charge is 2.27. The Balaban J connectivity index is 1.87. The molecule has 0 aliphatic carbocycles. The van der Waals surface area contributed by atoms with Crippen LogP contribution >= 0.6 is 0 Å². The number of hydrogen-bond acceptors (Lipinski definition) is 7. The second-order valence-corrected chi connectivity index (χ2v) is 9.43. The Morgan fingerprint density at radius 2 is 1.80 bits per heavy atom. The zero-order valence-corrected chi connectivity index (χ0v) is 20.2. The number of anilines is 1. The Morgan fingerprint density at radius 1 is 1.09 bits per heavy atom. The second-order valence-electron chi connectivity index (χ2n) is 7.57. The van der Waals surface area contributed by atoms with E-state index in [1.807, 2.05) is 13.8 Å². The van der Waals surface area contributed by atoms with Gasteiger partial charge in [0.05, 0.1) is 28.8 Å². The summed E-state index contributed by atoms with van der Waals surface area (Å²) in [6, 6.07) is 16.8. The number of rotatable bonds is 9. The molecule has 0 atom stereocenters. The van der Waals surface area contributed by atoms with Gasteiger partial charge in [-0.3, -0.25) is 19.2 Å². The maximum absolute atomic E-state index is 13.4. The number of nitro benzene ring substituents is 1. The number of carbonyl (C=O) groups is 1. The van der Waals surface area contributed by atoms with Crippen LogP contribution in [0.2, 0.25) is 0 Å². The lowest BCUT2D eigenvalue weighted by atomic mass is 10.1. The minimum Gasteiger partial charge on any atom is -0.496 e. The van der Waals surface area contributed by atoms with Gasteiger partial charge in [0.15, 0.2) is 0 Å². The standard InChI is InChI=1S/C24H24N4O6S/c1-17-9-10-20(13-18(17)2)27(35(32,33)22-7-5-4-6-8-22)16-24(29)26-25-15-19-14-21(28(30)31)11-12-23(19)34-3/h4-15H,16H2,1-3H3,(H,26,29)/b25-15+. The third-order valence-corrected chi connectivity index (χ3v) is 7.00. The quantitative estimate of drug-likeness (QED) is 0.274. The number of nitrogens with one attached hydrogen (secondary N) is 1. The van der Waals surface area contributed by atoms with Crippen molar-refractivity contribution in [3.05, 3.63) is 93.5 Å². The van der Waals surface area contributed by atoms with Gasteiger partial charge in [0.25, 0.3) is 21.6 Å². The molecule has 0 aliphatic heterocycles. The number of benzene rings is 3. The number of hydrogen-bond donors (Lipinski definition) is 1. The fraction of sp³-hybridized carbons (Fsp3) is 0.167. The Bertz CT molecular complexity index is 1370. The number of non-ortho nitro benzene ring substituents is 1. The van der Waals surface area contributed by atoms with E-state index in [2.05, 4.69) is 10.5 Å². The van der Waals surface area contributed by atoms with E-state index < -0.39 is 27.4 Å². The number of amides is 1. The number of nitrogens with zero attached hydrogens (tertiary/aromatic N) is 3. The second kappa shape index (κ2) is 10.8. The first-order valence-corrected chi connectivity index (χ1v) is 11.9. The molecule has 0 unspecified atom stereocenters. The van der Waals surface area contributed by atoms with Gasteiger partial charge in [-0.2, -0.15) is 5.10 Å². The molecule has 10 nitrogen and oxygen atoms in total. The van der Waals surface area contributed by atoms with Crippen molar-refractivity contribution in [2.75, 3.05) is 18.0 Å². The zero-order chi connectivity index (χ0) is 25.6. The average molecular weight is 497 g/mol. The molecule has 11 heteroatoms. The summed E-state index contributed by atoms with van der Waals surface area (Å²) in [6.45, 7) is 3.21. The Labute approximate surface area is 203 Å². The molecule has 0 saturated carbocycles. The molecule has 0 fully saturated rings. The molecular formula is C24H24N4O6S. The van der Waals surface area contributed by atoms with E-state index in [-0.39, 0.29) is 16.1 Å². The number of aryl methyl sites for hydroxylation is 2. The predicted octanol–water partition coefficient (Wildman–Crippen LogP) is 3.57. The average Bonchev–Trinajstić information content (AvgIpc) is 2.84. The molecule has 1 amide bonds. The first-order valence-electron chi connectivity index (χ1n) is 10.4. The molecule has 3 rings (SSSR count). The molecule has 0 aliphatic rings. The van der Waals surface area contributed by atoms with Crippen molar-refractivity contribution in [3.8, 4) is 5.75 Å². The highest BCUT2D eigenvalue weighted by Crippen LogP contribution is 2.26. The highest BCUT2D eigenvalue weighted by atomic mass is 32.2. The summed E-state index contributed by atoms with van der Waals surface area (Å²) in [5, 5.41) is 14.9. The third kappa shape index (κ3) is 6.01. The summed E-state index contributed by atoms with van der Waals surface area (Å²) in [5.74, 6) is -0.389. The fourth-order valence-corrected chi connectivity index (χ4v) is 4.63. The molecule has 0 spiro atoms. The van der Waals surface area contributed by atoms with Crippen molar-refractivity contribution in [1.82, 2.24) is 5.43 Å². The minimum atomic E-state index is -4.06. The summed E-state index contributed by atoms with van der Waals surface area (Å²) in [7, 11) is -2.66. The molecular weight excluding hydrogens is 472 g/mol. The van der Waals surface area contributed by atoms with Crippen molar-refractivity contribution in [1.29, 1.82) is 0 Å². The van der Waals surface area contributed by atoms with Crippen LogP contribution < -0.4 is 14.5 Å². The van der Waals surface area contributed by atoms with Crippen LogP contribution in [-0.4, -0.2) is 39.1 Å². The smallest absolute Gasteiger partial charge is 0.270 e. The van der Waals surface area contributed by atoms with Crippen LogP contribution in [0.5, 0.6) is 5.75 Å². The van der Waals surface area contributed by atoms with E-state index in [9.17, 15) is 23.3 Å². The molecule has 3 aromatic rings. The molecule has 35 heavy (non-hydrogen) atoms. The highest BCUT2D eigenvalue weighted by molar-refractivity contribution is 7.92. The van der Waals surface area contributed by atoms with Crippen molar-refractivity contribution in [2.45, 2.75) is 18.7 Å². The first-order chi connectivity index (χ1) is 16.6. The van der Waals surface area contributed by atoms with Crippen LogP contribution in [0.4, 0.5) is 11.4 Å². The summed E-state index contributed by atoms with van der Waals surface area (Å²) < 4.78 is 32.9. The lowest BCUT2D eigenvalue weighted by molar-refractivity contribution is -0.384. The molecule has 0 radical (unpaired) electrons. The van der Waals surface area contributed by atoms with Gasteiger partial charge in [-0.25, -0.2) is 13.8 Å². The largest absolute Gasteiger partial charge is 0.496 e. The number of nitro groups is 1. The molecule has 0 heterocycles. The molecule has 0 aromatic heterocycles. The van der Waals surface area contributed by atoms with Gasteiger partial charge in [0, 0.05) is 17.7 Å². The molecule has 0 saturated heterocycles. The van der Waals surface area contributed by atoms with E-state index in [0.717, 1.165) is 15.4 Å². The molecule has 0 bridgehead atoms. The third-order valence-electron chi connectivity index (χ3n) is 5.21. The molecule has 182 valence electrons. The van der Waals surface area contributed by atoms with Gasteiger partial charge in [-0.05, 0) is 55.3 Å².